The summed E-state index contributed by atoms with van der Waals surface area (Å²) >= 11 is 5.86. The van der Waals surface area contributed by atoms with Gasteiger partial charge in [0.2, 0.25) is 0 Å². The second kappa shape index (κ2) is 7.66. The number of hydrogen-bond donors (Lipinski definition) is 2. The highest BCUT2D eigenvalue weighted by Crippen LogP contribution is 2.32. The molecule has 0 saturated carbocycles. The number of halogens is 2. The summed E-state index contributed by atoms with van der Waals surface area (Å²) < 4.78 is 20.3. The highest BCUT2D eigenvalue weighted by molar-refractivity contribution is 6.31. The molecule has 0 amide bonds. The van der Waals surface area contributed by atoms with Crippen molar-refractivity contribution in [1.29, 1.82) is 0 Å². The Morgan fingerprint density at radius 3 is 2.85 bits per heavy atom. The molecule has 5 nitrogen and oxygen atoms in total. The lowest BCUT2D eigenvalue weighted by Crippen LogP contribution is -2.34. The predicted molar refractivity (Wildman–Crippen MR) is 105 cm³/mol. The highest BCUT2D eigenvalue weighted by Gasteiger charge is 2.17. The van der Waals surface area contributed by atoms with Gasteiger partial charge >= 0.3 is 0 Å². The van der Waals surface area contributed by atoms with E-state index in [0.717, 1.165) is 36.9 Å². The van der Waals surface area contributed by atoms with Crippen LogP contribution in [0.15, 0.2) is 36.7 Å². The lowest BCUT2D eigenvalue weighted by atomic mass is 10.1. The molecule has 7 heteroatoms. The molecule has 0 atom stereocenters. The maximum absolute atomic E-state index is 14.2. The summed E-state index contributed by atoms with van der Waals surface area (Å²) in [5.74, 6) is 0.680. The first kappa shape index (κ1) is 17.9. The third-order valence-electron chi connectivity index (χ3n) is 4.60. The average Bonchev–Trinajstić information content (AvgIpc) is 2.67. The zero-order chi connectivity index (χ0) is 18.8. The molecule has 27 heavy (non-hydrogen) atoms. The second-order valence-electron chi connectivity index (χ2n) is 6.49. The van der Waals surface area contributed by atoms with Gasteiger partial charge in [0, 0.05) is 11.5 Å². The Kier molecular flexibility index (Phi) is 5.09. The van der Waals surface area contributed by atoms with Crippen LogP contribution in [-0.4, -0.2) is 29.2 Å². The molecule has 1 fully saturated rings. The number of aromatic nitrogens is 2. The molecule has 139 valence electrons. The predicted octanol–water partition coefficient (Wildman–Crippen LogP) is 4.48. The molecule has 0 bridgehead atoms. The van der Waals surface area contributed by atoms with Crippen molar-refractivity contribution in [2.45, 2.75) is 18.9 Å². The van der Waals surface area contributed by atoms with Crippen molar-refractivity contribution in [3.63, 3.8) is 0 Å². The fraction of sp³-hybridized carbons (Fsp3) is 0.250. The van der Waals surface area contributed by atoms with Gasteiger partial charge in [-0.05, 0) is 56.6 Å². The van der Waals surface area contributed by atoms with Crippen LogP contribution < -0.4 is 15.4 Å². The Morgan fingerprint density at radius 2 is 2.04 bits per heavy atom. The van der Waals surface area contributed by atoms with Crippen molar-refractivity contribution in [3.8, 4) is 5.75 Å². The van der Waals surface area contributed by atoms with Crippen molar-refractivity contribution in [3.05, 3.63) is 60.0 Å². The molecular weight excluding hydrogens is 367 g/mol. The molecule has 1 aliphatic heterocycles. The summed E-state index contributed by atoms with van der Waals surface area (Å²) in [5, 5.41) is 7.10. The summed E-state index contributed by atoms with van der Waals surface area (Å²) in [4.78, 5) is 8.58. The number of anilines is 2. The molecule has 3 aromatic rings. The van der Waals surface area contributed by atoms with Gasteiger partial charge in [-0.3, -0.25) is 0 Å². The Labute approximate surface area is 161 Å². The normalized spacial score (nSPS) is 15.1. The van der Waals surface area contributed by atoms with Crippen molar-refractivity contribution < 1.29 is 9.13 Å². The number of ether oxygens (including phenoxy) is 1. The van der Waals surface area contributed by atoms with Gasteiger partial charge in [0.05, 0.1) is 16.2 Å². The first-order valence-corrected chi connectivity index (χ1v) is 9.19. The van der Waals surface area contributed by atoms with E-state index < -0.39 is 5.82 Å². The van der Waals surface area contributed by atoms with Crippen LogP contribution in [0.3, 0.4) is 0 Å². The molecule has 0 aliphatic carbocycles. The maximum Gasteiger partial charge on any atom is 0.165 e. The third kappa shape index (κ3) is 3.82. The van der Waals surface area contributed by atoms with Gasteiger partial charge in [-0.25, -0.2) is 14.4 Å². The summed E-state index contributed by atoms with van der Waals surface area (Å²) in [5.41, 5.74) is 1.69. The summed E-state index contributed by atoms with van der Waals surface area (Å²) in [6, 6.07) is 8.50. The van der Waals surface area contributed by atoms with Crippen LogP contribution in [0.2, 0.25) is 5.02 Å². The SMILES string of the molecule is [CH2]c1cc2c(Nc3cccc(Cl)c3F)ncnc2cc1OC1CCNCC1. The molecule has 1 aliphatic rings. The highest BCUT2D eigenvalue weighted by atomic mass is 35.5. The fourth-order valence-electron chi connectivity index (χ4n) is 3.16. The maximum atomic E-state index is 14.2. The minimum Gasteiger partial charge on any atom is -0.490 e. The van der Waals surface area contributed by atoms with Crippen molar-refractivity contribution in [2.75, 3.05) is 18.4 Å². The Morgan fingerprint density at radius 1 is 1.22 bits per heavy atom. The monoisotopic (exact) mass is 385 g/mol. The number of rotatable bonds is 4. The van der Waals surface area contributed by atoms with Crippen LogP contribution in [0.4, 0.5) is 15.9 Å². The van der Waals surface area contributed by atoms with Gasteiger partial charge in [-0.1, -0.05) is 17.7 Å². The molecule has 4 rings (SSSR count). The van der Waals surface area contributed by atoms with Crippen LogP contribution in [0.1, 0.15) is 18.4 Å². The number of piperidine rings is 1. The van der Waals surface area contributed by atoms with Crippen LogP contribution >= 0.6 is 11.6 Å². The van der Waals surface area contributed by atoms with Gasteiger partial charge in [0.25, 0.3) is 0 Å². The fourth-order valence-corrected chi connectivity index (χ4v) is 3.33. The number of hydrogen-bond acceptors (Lipinski definition) is 5. The first-order chi connectivity index (χ1) is 13.1. The third-order valence-corrected chi connectivity index (χ3v) is 4.89. The lowest BCUT2D eigenvalue weighted by Gasteiger charge is -2.24. The quantitative estimate of drug-likeness (QED) is 0.693. The minimum absolute atomic E-state index is 0.0499. The van der Waals surface area contributed by atoms with Gasteiger partial charge in [-0.2, -0.15) is 0 Å². The Bertz CT molecular complexity index is 976. The van der Waals surface area contributed by atoms with E-state index in [9.17, 15) is 4.39 Å². The van der Waals surface area contributed by atoms with Crippen LogP contribution in [0, 0.1) is 12.7 Å². The van der Waals surface area contributed by atoms with E-state index in [-0.39, 0.29) is 16.8 Å². The minimum atomic E-state index is -0.522. The summed E-state index contributed by atoms with van der Waals surface area (Å²) in [6.07, 6.45) is 3.53. The summed E-state index contributed by atoms with van der Waals surface area (Å²) in [7, 11) is 0. The van der Waals surface area contributed by atoms with Gasteiger partial charge in [0.1, 0.15) is 24.0 Å². The number of nitrogens with one attached hydrogen (secondary N) is 2. The van der Waals surface area contributed by atoms with Crippen molar-refractivity contribution in [2.24, 2.45) is 0 Å². The Hall–Kier alpha value is -2.44. The van der Waals surface area contributed by atoms with Gasteiger partial charge in [0.15, 0.2) is 5.82 Å². The number of nitrogens with zero attached hydrogens (tertiary/aromatic N) is 2. The van der Waals surface area contributed by atoms with E-state index in [1.165, 1.54) is 12.4 Å². The zero-order valence-electron chi connectivity index (χ0n) is 14.6. The average molecular weight is 386 g/mol. The smallest absolute Gasteiger partial charge is 0.165 e. The lowest BCUT2D eigenvalue weighted by molar-refractivity contribution is 0.162. The summed E-state index contributed by atoms with van der Waals surface area (Å²) in [6.45, 7) is 6.00. The molecule has 2 heterocycles. The molecule has 1 saturated heterocycles. The van der Waals surface area contributed by atoms with Crippen LogP contribution in [0.25, 0.3) is 10.9 Å². The van der Waals surface area contributed by atoms with Gasteiger partial charge in [-0.15, -0.1) is 0 Å². The van der Waals surface area contributed by atoms with Crippen LogP contribution in [-0.2, 0) is 0 Å². The van der Waals surface area contributed by atoms with E-state index in [2.05, 4.69) is 27.5 Å². The first-order valence-electron chi connectivity index (χ1n) is 8.81. The molecule has 0 unspecified atom stereocenters. The van der Waals surface area contributed by atoms with E-state index in [0.29, 0.717) is 17.1 Å². The van der Waals surface area contributed by atoms with E-state index in [1.54, 1.807) is 12.1 Å². The number of fused-ring (bicyclic) bond motifs is 1. The topological polar surface area (TPSA) is 59.1 Å². The zero-order valence-corrected chi connectivity index (χ0v) is 15.4. The molecule has 1 aromatic heterocycles. The Balaban J connectivity index is 1.67. The van der Waals surface area contributed by atoms with E-state index in [1.807, 2.05) is 12.1 Å². The molecule has 2 N–H and O–H groups in total. The van der Waals surface area contributed by atoms with Crippen molar-refractivity contribution in [1.82, 2.24) is 15.3 Å². The van der Waals surface area contributed by atoms with Crippen LogP contribution in [0.5, 0.6) is 5.75 Å². The van der Waals surface area contributed by atoms with Gasteiger partial charge < -0.3 is 15.4 Å². The molecular formula is C20H19ClFN4O. The van der Waals surface area contributed by atoms with E-state index in [4.69, 9.17) is 16.3 Å². The molecule has 2 aromatic carbocycles. The van der Waals surface area contributed by atoms with E-state index >= 15 is 0 Å². The second-order valence-corrected chi connectivity index (χ2v) is 6.90. The van der Waals surface area contributed by atoms with Crippen molar-refractivity contribution >= 4 is 34.0 Å². The number of benzene rings is 2. The molecule has 0 spiro atoms. The molecule has 1 radical (unpaired) electrons. The largest absolute Gasteiger partial charge is 0.490 e. The standard InChI is InChI=1S/C20H19ClFN4O/c1-12-9-14-17(10-18(12)27-13-5-7-23-8-6-13)24-11-25-20(14)26-16-4-2-3-15(21)19(16)22/h2-4,9-11,13,23H,1,5-8H2,(H,24,25,26).